The number of nitrogens with one attached hydrogen (secondary N) is 1. The van der Waals surface area contributed by atoms with E-state index in [9.17, 15) is 23.3 Å². The van der Waals surface area contributed by atoms with Crippen molar-refractivity contribution < 1.29 is 22.7 Å². The van der Waals surface area contributed by atoms with Crippen LogP contribution in [0.5, 0.6) is 0 Å². The van der Waals surface area contributed by atoms with E-state index in [0.29, 0.717) is 32.6 Å². The Balaban J connectivity index is 1.42. The van der Waals surface area contributed by atoms with Gasteiger partial charge in [0.2, 0.25) is 11.8 Å². The molecule has 5 aliphatic rings. The van der Waals surface area contributed by atoms with E-state index in [1.165, 1.54) is 0 Å². The Morgan fingerprint density at radius 3 is 2.52 bits per heavy atom. The van der Waals surface area contributed by atoms with Crippen molar-refractivity contribution in [2.75, 3.05) is 19.8 Å². The minimum absolute atomic E-state index is 0.0291. The van der Waals surface area contributed by atoms with E-state index in [2.05, 4.69) is 11.4 Å². The summed E-state index contributed by atoms with van der Waals surface area (Å²) in [5, 5.41) is 11.4. The average Bonchev–Trinajstić information content (AvgIpc) is 3.56. The molecule has 176 valence electrons. The van der Waals surface area contributed by atoms with Crippen molar-refractivity contribution in [2.24, 2.45) is 17.8 Å². The number of fused-ring (bicyclic) bond motifs is 4. The standard InChI is InChI=1S/C24H29N3O5S/c25-15-24(8-9-24)26-22(28)20-10-19(33(30,31)18-4-2-1-3-5-18)11-21(20)23(29)27-12-16-6-7-17(27)14-32-13-16/h1-5,16-17,19-21H,6-14H2,(H,26,28)/t16-,17-,19-,20-,21-/m1/s1. The molecule has 0 unspecified atom stereocenters. The summed E-state index contributed by atoms with van der Waals surface area (Å²) in [5.74, 6) is -1.74. The van der Waals surface area contributed by atoms with Gasteiger partial charge in [0.25, 0.3) is 0 Å². The topological polar surface area (TPSA) is 117 Å². The van der Waals surface area contributed by atoms with Crippen LogP contribution >= 0.6 is 0 Å². The second-order valence-electron chi connectivity index (χ2n) is 9.97. The maximum Gasteiger partial charge on any atom is 0.226 e. The molecule has 2 saturated carbocycles. The van der Waals surface area contributed by atoms with Gasteiger partial charge in [0, 0.05) is 6.54 Å². The largest absolute Gasteiger partial charge is 0.379 e. The number of hydrogen-bond acceptors (Lipinski definition) is 6. The Hall–Kier alpha value is -2.44. The third kappa shape index (κ3) is 4.15. The molecule has 2 amide bonds. The summed E-state index contributed by atoms with van der Waals surface area (Å²) in [4.78, 5) is 29.0. The monoisotopic (exact) mass is 471 g/mol. The predicted octanol–water partition coefficient (Wildman–Crippen LogP) is 1.66. The zero-order chi connectivity index (χ0) is 23.2. The fourth-order valence-electron chi connectivity index (χ4n) is 5.59. The highest BCUT2D eigenvalue weighted by Crippen LogP contribution is 2.42. The minimum atomic E-state index is -3.69. The van der Waals surface area contributed by atoms with Crippen molar-refractivity contribution in [1.82, 2.24) is 10.2 Å². The fourth-order valence-corrected chi connectivity index (χ4v) is 7.44. The molecular formula is C24H29N3O5S. The Labute approximate surface area is 194 Å². The van der Waals surface area contributed by atoms with Gasteiger partial charge >= 0.3 is 0 Å². The van der Waals surface area contributed by atoms with Crippen LogP contribution in [0.4, 0.5) is 0 Å². The Morgan fingerprint density at radius 2 is 1.82 bits per heavy atom. The molecule has 0 spiro atoms. The molecule has 8 nitrogen and oxygen atoms in total. The lowest BCUT2D eigenvalue weighted by Gasteiger charge is -2.38. The highest BCUT2D eigenvalue weighted by atomic mass is 32.2. The van der Waals surface area contributed by atoms with Crippen molar-refractivity contribution >= 4 is 21.7 Å². The van der Waals surface area contributed by atoms with Gasteiger partial charge in [-0.1, -0.05) is 18.2 Å². The lowest BCUT2D eigenvalue weighted by molar-refractivity contribution is -0.144. The summed E-state index contributed by atoms with van der Waals surface area (Å²) < 4.78 is 32.4. The normalized spacial score (nSPS) is 32.6. The van der Waals surface area contributed by atoms with Crippen LogP contribution in [-0.4, -0.2) is 61.7 Å². The number of rotatable bonds is 5. The zero-order valence-electron chi connectivity index (χ0n) is 18.5. The van der Waals surface area contributed by atoms with Gasteiger partial charge < -0.3 is 15.0 Å². The molecule has 1 aromatic rings. The van der Waals surface area contributed by atoms with Gasteiger partial charge in [0.1, 0.15) is 5.54 Å². The SMILES string of the molecule is N#CC1(NC(=O)[C@@H]2C[C@@H](S(=O)(=O)c3ccccc3)C[C@H]2C(=O)N2C[C@H]3CC[C@@H]2COC3)CC1. The van der Waals surface area contributed by atoms with Gasteiger partial charge in [0.15, 0.2) is 9.84 Å². The van der Waals surface area contributed by atoms with Crippen molar-refractivity contribution in [3.8, 4) is 6.07 Å². The second-order valence-corrected chi connectivity index (χ2v) is 12.2. The number of nitrogens with zero attached hydrogens (tertiary/aromatic N) is 2. The van der Waals surface area contributed by atoms with Gasteiger partial charge in [-0.15, -0.1) is 0 Å². The van der Waals surface area contributed by atoms with Crippen LogP contribution in [0.25, 0.3) is 0 Å². The van der Waals surface area contributed by atoms with E-state index >= 15 is 0 Å². The van der Waals surface area contributed by atoms with E-state index < -0.39 is 32.5 Å². The van der Waals surface area contributed by atoms with E-state index in [1.807, 2.05) is 4.90 Å². The summed E-state index contributed by atoms with van der Waals surface area (Å²) in [5.41, 5.74) is -0.864. The highest BCUT2D eigenvalue weighted by Gasteiger charge is 2.53. The van der Waals surface area contributed by atoms with Crippen LogP contribution < -0.4 is 5.32 Å². The predicted molar refractivity (Wildman–Crippen MR) is 118 cm³/mol. The summed E-state index contributed by atoms with van der Waals surface area (Å²) in [6.07, 6.45) is 3.24. The summed E-state index contributed by atoms with van der Waals surface area (Å²) in [6.45, 7) is 1.70. The molecule has 3 saturated heterocycles. The first-order chi connectivity index (χ1) is 15.8. The molecule has 33 heavy (non-hydrogen) atoms. The third-order valence-electron chi connectivity index (χ3n) is 7.76. The van der Waals surface area contributed by atoms with Crippen LogP contribution in [0.15, 0.2) is 35.2 Å². The highest BCUT2D eigenvalue weighted by molar-refractivity contribution is 7.92. The Kier molecular flexibility index (Phi) is 5.69. The maximum atomic E-state index is 13.7. The molecule has 0 radical (unpaired) electrons. The van der Waals surface area contributed by atoms with Crippen molar-refractivity contribution in [2.45, 2.75) is 60.3 Å². The summed E-state index contributed by atoms with van der Waals surface area (Å²) in [6, 6.07) is 10.3. The van der Waals surface area contributed by atoms with Crippen molar-refractivity contribution in [1.29, 1.82) is 5.26 Å². The quantitative estimate of drug-likeness (QED) is 0.698. The molecule has 2 aliphatic carbocycles. The first kappa shape index (κ1) is 22.4. The van der Waals surface area contributed by atoms with Gasteiger partial charge in [-0.05, 0) is 56.6 Å². The number of nitriles is 1. The summed E-state index contributed by atoms with van der Waals surface area (Å²) >= 11 is 0. The number of piperidine rings is 1. The third-order valence-corrected chi connectivity index (χ3v) is 9.95. The Morgan fingerprint density at radius 1 is 1.09 bits per heavy atom. The number of benzene rings is 1. The molecule has 2 bridgehead atoms. The number of sulfone groups is 1. The van der Waals surface area contributed by atoms with E-state index in [-0.39, 0.29) is 41.5 Å². The van der Waals surface area contributed by atoms with Crippen LogP contribution in [0, 0.1) is 29.1 Å². The molecule has 6 rings (SSSR count). The molecular weight excluding hydrogens is 442 g/mol. The zero-order valence-corrected chi connectivity index (χ0v) is 19.3. The number of hydrogen-bond donors (Lipinski definition) is 1. The van der Waals surface area contributed by atoms with Crippen molar-refractivity contribution in [3.05, 3.63) is 30.3 Å². The lowest BCUT2D eigenvalue weighted by Crippen LogP contribution is -2.51. The molecule has 5 atom stereocenters. The number of ether oxygens (including phenoxy) is 1. The number of amides is 2. The second kappa shape index (κ2) is 8.41. The molecule has 5 fully saturated rings. The molecule has 9 heteroatoms. The lowest BCUT2D eigenvalue weighted by atomic mass is 9.89. The first-order valence-electron chi connectivity index (χ1n) is 11.7. The molecule has 1 aromatic carbocycles. The number of carbonyl (C=O) groups excluding carboxylic acids is 2. The first-order valence-corrected chi connectivity index (χ1v) is 13.3. The van der Waals surface area contributed by atoms with Gasteiger partial charge in [0.05, 0.1) is 47.3 Å². The fraction of sp³-hybridized carbons (Fsp3) is 0.625. The van der Waals surface area contributed by atoms with Gasteiger partial charge in [-0.25, -0.2) is 8.42 Å². The average molecular weight is 472 g/mol. The van der Waals surface area contributed by atoms with E-state index in [1.54, 1.807) is 30.3 Å². The summed E-state index contributed by atoms with van der Waals surface area (Å²) in [7, 11) is -3.69. The number of carbonyl (C=O) groups is 2. The minimum Gasteiger partial charge on any atom is -0.379 e. The van der Waals surface area contributed by atoms with Crippen LogP contribution in [0.2, 0.25) is 0 Å². The Bertz CT molecular complexity index is 1080. The van der Waals surface area contributed by atoms with Crippen LogP contribution in [-0.2, 0) is 24.2 Å². The van der Waals surface area contributed by atoms with E-state index in [0.717, 1.165) is 12.8 Å². The van der Waals surface area contributed by atoms with Crippen LogP contribution in [0.1, 0.15) is 38.5 Å². The maximum absolute atomic E-state index is 13.7. The van der Waals surface area contributed by atoms with Crippen LogP contribution in [0.3, 0.4) is 0 Å². The van der Waals surface area contributed by atoms with Crippen molar-refractivity contribution in [3.63, 3.8) is 0 Å². The van der Waals surface area contributed by atoms with E-state index in [4.69, 9.17) is 4.74 Å². The molecule has 0 aromatic heterocycles. The van der Waals surface area contributed by atoms with Gasteiger partial charge in [-0.3, -0.25) is 9.59 Å². The molecule has 3 aliphatic heterocycles. The smallest absolute Gasteiger partial charge is 0.226 e. The van der Waals surface area contributed by atoms with Gasteiger partial charge in [-0.2, -0.15) is 5.26 Å². The molecule has 3 heterocycles. The molecule has 1 N–H and O–H groups in total.